The molecule has 0 atom stereocenters. The van der Waals surface area contributed by atoms with Crippen molar-refractivity contribution in [2.75, 3.05) is 6.61 Å². The van der Waals surface area contributed by atoms with Crippen LogP contribution in [-0.4, -0.2) is 15.0 Å². The molecule has 0 aliphatic heterocycles. The van der Waals surface area contributed by atoms with Crippen molar-refractivity contribution in [1.29, 1.82) is 0 Å². The molecule has 0 fully saturated rings. The molecule has 0 saturated heterocycles. The van der Waals surface area contributed by atoms with Crippen LogP contribution in [0, 0.1) is 6.92 Å². The third-order valence-electron chi connectivity index (χ3n) is 7.32. The van der Waals surface area contributed by atoms with Gasteiger partial charge in [-0.3, -0.25) is 0 Å². The summed E-state index contributed by atoms with van der Waals surface area (Å²) in [6.45, 7) is 4.85. The SMILES string of the molecule is CCCCCCCCCCCOc1ccc(S(OS(=O)(=O)c2ccc(C)cc2)(c2ccccc2)c2ccccc2)cc1. The Kier molecular flexibility index (Phi) is 12.1. The highest BCUT2D eigenvalue weighted by Crippen LogP contribution is 2.70. The van der Waals surface area contributed by atoms with Crippen LogP contribution < -0.4 is 4.74 Å². The third-order valence-corrected chi connectivity index (χ3v) is 12.5. The van der Waals surface area contributed by atoms with Gasteiger partial charge in [-0.25, -0.2) is 3.63 Å². The van der Waals surface area contributed by atoms with Crippen LogP contribution in [0.1, 0.15) is 70.3 Å². The van der Waals surface area contributed by atoms with E-state index in [-0.39, 0.29) is 4.90 Å². The first kappa shape index (κ1) is 31.9. The molecule has 0 aromatic heterocycles. The van der Waals surface area contributed by atoms with E-state index in [0.717, 1.165) is 32.4 Å². The van der Waals surface area contributed by atoms with Crippen LogP contribution >= 0.6 is 10.3 Å². The van der Waals surface area contributed by atoms with E-state index >= 15 is 0 Å². The standard InChI is InChI=1S/C36H44O4S2/c1-3-4-5-6-7-8-9-10-17-30-39-32-24-28-35(29-25-32)41(33-18-13-11-14-19-33,34-20-15-12-16-21-34)40-42(37,38)36-26-22-31(2)23-27-36/h11-16,18-29H,3-10,17,30H2,1-2H3. The zero-order chi connectivity index (χ0) is 29.7. The summed E-state index contributed by atoms with van der Waals surface area (Å²) < 4.78 is 40.2. The zero-order valence-electron chi connectivity index (χ0n) is 24.9. The van der Waals surface area contributed by atoms with Crippen molar-refractivity contribution in [2.45, 2.75) is 91.2 Å². The third kappa shape index (κ3) is 8.50. The highest BCUT2D eigenvalue weighted by Gasteiger charge is 2.38. The molecule has 0 N–H and O–H groups in total. The molecule has 0 amide bonds. The van der Waals surface area contributed by atoms with Gasteiger partial charge in [0, 0.05) is 14.7 Å². The Hall–Kier alpha value is -3.06. The lowest BCUT2D eigenvalue weighted by Crippen LogP contribution is -2.14. The number of rotatable bonds is 17. The average molecular weight is 605 g/mol. The topological polar surface area (TPSA) is 52.6 Å². The molecule has 0 spiro atoms. The second kappa shape index (κ2) is 16.0. The van der Waals surface area contributed by atoms with Crippen LogP contribution in [0.3, 0.4) is 0 Å². The minimum absolute atomic E-state index is 0.137. The van der Waals surface area contributed by atoms with Gasteiger partial charge in [0.2, 0.25) is 0 Å². The molecule has 0 unspecified atom stereocenters. The van der Waals surface area contributed by atoms with Gasteiger partial charge in [0.25, 0.3) is 0 Å². The zero-order valence-corrected chi connectivity index (χ0v) is 26.5. The monoisotopic (exact) mass is 604 g/mol. The van der Waals surface area contributed by atoms with E-state index in [9.17, 15) is 8.42 Å². The van der Waals surface area contributed by atoms with Crippen LogP contribution in [0.25, 0.3) is 0 Å². The van der Waals surface area contributed by atoms with Crippen molar-refractivity contribution >= 4 is 20.4 Å². The fourth-order valence-electron chi connectivity index (χ4n) is 4.96. The Morgan fingerprint density at radius 1 is 0.524 bits per heavy atom. The molecule has 4 aromatic carbocycles. The highest BCUT2D eigenvalue weighted by molar-refractivity contribution is 8.33. The van der Waals surface area contributed by atoms with Gasteiger partial charge in [0.1, 0.15) is 5.75 Å². The van der Waals surface area contributed by atoms with Crippen molar-refractivity contribution in [1.82, 2.24) is 0 Å². The van der Waals surface area contributed by atoms with Crippen molar-refractivity contribution in [3.8, 4) is 5.75 Å². The number of hydrogen-bond donors (Lipinski definition) is 0. The number of unbranched alkanes of at least 4 members (excludes halogenated alkanes) is 8. The first-order valence-corrected chi connectivity index (χ1v) is 18.1. The molecule has 0 saturated carbocycles. The smallest absolute Gasteiger partial charge is 0.307 e. The predicted molar refractivity (Wildman–Crippen MR) is 174 cm³/mol. The number of benzene rings is 4. The van der Waals surface area contributed by atoms with Crippen molar-refractivity contribution in [2.24, 2.45) is 0 Å². The minimum atomic E-state index is -4.12. The molecule has 6 heteroatoms. The van der Waals surface area contributed by atoms with E-state index in [2.05, 4.69) is 6.92 Å². The van der Waals surface area contributed by atoms with E-state index in [1.54, 1.807) is 24.3 Å². The molecule has 0 bridgehead atoms. The molecule has 0 aliphatic carbocycles. The van der Waals surface area contributed by atoms with E-state index in [0.29, 0.717) is 6.61 Å². The Morgan fingerprint density at radius 2 is 0.976 bits per heavy atom. The molecule has 224 valence electrons. The van der Waals surface area contributed by atoms with Crippen molar-refractivity contribution in [3.63, 3.8) is 0 Å². The molecular weight excluding hydrogens is 561 g/mol. The van der Waals surface area contributed by atoms with Gasteiger partial charge in [-0.15, -0.1) is 0 Å². The van der Waals surface area contributed by atoms with Crippen LogP contribution in [0.4, 0.5) is 0 Å². The summed E-state index contributed by atoms with van der Waals surface area (Å²) in [6, 6.07) is 33.9. The maximum Gasteiger partial charge on any atom is 0.307 e. The Bertz CT molecular complexity index is 1400. The maximum absolute atomic E-state index is 13.8. The largest absolute Gasteiger partial charge is 0.494 e. The average Bonchev–Trinajstić information content (AvgIpc) is 3.02. The van der Waals surface area contributed by atoms with E-state index in [1.165, 1.54) is 51.4 Å². The fourth-order valence-corrected chi connectivity index (χ4v) is 10.2. The summed E-state index contributed by atoms with van der Waals surface area (Å²) in [5, 5.41) is 0. The Morgan fingerprint density at radius 3 is 1.50 bits per heavy atom. The maximum atomic E-state index is 13.8. The molecular formula is C36H44O4S2. The highest BCUT2D eigenvalue weighted by atomic mass is 32.3. The van der Waals surface area contributed by atoms with Crippen molar-refractivity contribution in [3.05, 3.63) is 115 Å². The van der Waals surface area contributed by atoms with Crippen LogP contribution in [-0.2, 0) is 13.7 Å². The Balaban J connectivity index is 1.55. The van der Waals surface area contributed by atoms with Crippen LogP contribution in [0.5, 0.6) is 5.75 Å². The van der Waals surface area contributed by atoms with Gasteiger partial charge < -0.3 is 4.74 Å². The van der Waals surface area contributed by atoms with Crippen molar-refractivity contribution < 1.29 is 16.8 Å². The fraction of sp³-hybridized carbons (Fsp3) is 0.333. The predicted octanol–water partition coefficient (Wildman–Crippen LogP) is 10.5. The van der Waals surface area contributed by atoms with Crippen LogP contribution in [0.2, 0.25) is 0 Å². The number of hydrogen-bond acceptors (Lipinski definition) is 4. The quantitative estimate of drug-likeness (QED) is 0.113. The molecule has 0 heterocycles. The molecule has 0 aliphatic rings. The van der Waals surface area contributed by atoms with E-state index < -0.39 is 20.4 Å². The number of aryl methyl sites for hydroxylation is 1. The first-order valence-electron chi connectivity index (χ1n) is 15.1. The summed E-state index contributed by atoms with van der Waals surface area (Å²) in [5.74, 6) is 0.772. The lowest BCUT2D eigenvalue weighted by Gasteiger charge is -2.39. The summed E-state index contributed by atoms with van der Waals surface area (Å²) in [7, 11) is -6.77. The molecule has 0 radical (unpaired) electrons. The molecule has 4 aromatic rings. The van der Waals surface area contributed by atoms with Gasteiger partial charge >= 0.3 is 10.1 Å². The lowest BCUT2D eigenvalue weighted by molar-refractivity contribution is 0.304. The molecule has 42 heavy (non-hydrogen) atoms. The van der Waals surface area contributed by atoms with E-state index in [4.69, 9.17) is 8.37 Å². The second-order valence-electron chi connectivity index (χ2n) is 10.7. The van der Waals surface area contributed by atoms with Crippen LogP contribution in [0.15, 0.2) is 129 Å². The van der Waals surface area contributed by atoms with Gasteiger partial charge in [-0.1, -0.05) is 112 Å². The first-order chi connectivity index (χ1) is 20.5. The second-order valence-corrected chi connectivity index (χ2v) is 15.1. The van der Waals surface area contributed by atoms with Gasteiger partial charge in [0.15, 0.2) is 0 Å². The van der Waals surface area contributed by atoms with E-state index in [1.807, 2.05) is 91.9 Å². The summed E-state index contributed by atoms with van der Waals surface area (Å²) in [4.78, 5) is 2.52. The lowest BCUT2D eigenvalue weighted by atomic mass is 10.1. The van der Waals surface area contributed by atoms with Gasteiger partial charge in [0.05, 0.1) is 11.5 Å². The summed E-state index contributed by atoms with van der Waals surface area (Å²) in [5.41, 5.74) is 0.983. The van der Waals surface area contributed by atoms with Gasteiger partial charge in [-0.05, 0) is 84.3 Å². The minimum Gasteiger partial charge on any atom is -0.494 e. The normalized spacial score (nSPS) is 12.2. The number of ether oxygens (including phenoxy) is 1. The Labute approximate surface area is 254 Å². The summed E-state index contributed by atoms with van der Waals surface area (Å²) >= 11 is 0. The molecule has 4 nitrogen and oxygen atoms in total. The van der Waals surface area contributed by atoms with Gasteiger partial charge in [-0.2, -0.15) is 8.42 Å². The summed E-state index contributed by atoms with van der Waals surface area (Å²) in [6.07, 6.45) is 11.4. The molecule has 4 rings (SSSR count).